The molecule has 30 heavy (non-hydrogen) atoms. The lowest BCUT2D eigenvalue weighted by atomic mass is 9.95. The first-order valence-electron chi connectivity index (χ1n) is 9.39. The van der Waals surface area contributed by atoms with E-state index in [2.05, 4.69) is 15.2 Å². The summed E-state index contributed by atoms with van der Waals surface area (Å²) in [4.78, 5) is 4.67. The number of nitrogens with one attached hydrogen (secondary N) is 1. The number of alkyl halides is 3. The molecule has 0 aliphatic carbocycles. The molecule has 1 aliphatic heterocycles. The molecule has 0 amide bonds. The molecule has 158 valence electrons. The largest absolute Gasteiger partial charge is 0.416 e. The SMILES string of the molecule is O=S(=O)(c1cn[nH]c1)N1CCC[C@@H](c2cccc(-c3cccc(C(F)(F)F)c3)n2)C1. The smallest absolute Gasteiger partial charge is 0.284 e. The lowest BCUT2D eigenvalue weighted by Crippen LogP contribution is -2.39. The van der Waals surface area contributed by atoms with E-state index < -0.39 is 21.8 Å². The Morgan fingerprint density at radius 1 is 1.13 bits per heavy atom. The van der Waals surface area contributed by atoms with Crippen molar-refractivity contribution >= 4 is 10.0 Å². The van der Waals surface area contributed by atoms with Gasteiger partial charge in [-0.05, 0) is 37.1 Å². The highest BCUT2D eigenvalue weighted by Crippen LogP contribution is 2.33. The van der Waals surface area contributed by atoms with Gasteiger partial charge in [0.2, 0.25) is 10.0 Å². The minimum atomic E-state index is -4.43. The van der Waals surface area contributed by atoms with Crippen molar-refractivity contribution in [3.8, 4) is 11.3 Å². The van der Waals surface area contributed by atoms with Crippen LogP contribution in [0.5, 0.6) is 0 Å². The summed E-state index contributed by atoms with van der Waals surface area (Å²) in [7, 11) is -3.66. The Bertz CT molecular complexity index is 1130. The molecule has 1 atom stereocenters. The summed E-state index contributed by atoms with van der Waals surface area (Å²) in [5, 5.41) is 6.22. The van der Waals surface area contributed by atoms with Gasteiger partial charge in [0.25, 0.3) is 0 Å². The zero-order valence-corrected chi connectivity index (χ0v) is 16.6. The first kappa shape index (κ1) is 20.5. The molecule has 0 spiro atoms. The Labute approximate surface area is 171 Å². The normalized spacial score (nSPS) is 18.4. The number of pyridine rings is 1. The van der Waals surface area contributed by atoms with Crippen molar-refractivity contribution in [2.24, 2.45) is 0 Å². The number of hydrogen-bond donors (Lipinski definition) is 1. The Morgan fingerprint density at radius 3 is 2.67 bits per heavy atom. The third kappa shape index (κ3) is 4.10. The van der Waals surface area contributed by atoms with Crippen LogP contribution in [-0.2, 0) is 16.2 Å². The van der Waals surface area contributed by atoms with Crippen LogP contribution >= 0.6 is 0 Å². The Hall–Kier alpha value is -2.72. The van der Waals surface area contributed by atoms with E-state index in [4.69, 9.17) is 0 Å². The second-order valence-electron chi connectivity index (χ2n) is 7.16. The predicted octanol–water partition coefficient (Wildman–Crippen LogP) is 4.06. The van der Waals surface area contributed by atoms with Crippen LogP contribution in [0.4, 0.5) is 13.2 Å². The molecular formula is C20H19F3N4O2S. The van der Waals surface area contributed by atoms with E-state index in [-0.39, 0.29) is 17.4 Å². The summed E-state index contributed by atoms with van der Waals surface area (Å²) in [6, 6.07) is 10.2. The lowest BCUT2D eigenvalue weighted by Gasteiger charge is -2.31. The van der Waals surface area contributed by atoms with E-state index in [0.717, 1.165) is 18.6 Å². The molecule has 0 radical (unpaired) electrons. The fraction of sp³-hybridized carbons (Fsp3) is 0.300. The van der Waals surface area contributed by atoms with Gasteiger partial charge in [-0.2, -0.15) is 22.6 Å². The van der Waals surface area contributed by atoms with Gasteiger partial charge in [-0.25, -0.2) is 8.42 Å². The average Bonchev–Trinajstić information content (AvgIpc) is 3.29. The van der Waals surface area contributed by atoms with Crippen molar-refractivity contribution in [3.63, 3.8) is 0 Å². The number of H-pyrrole nitrogens is 1. The summed E-state index contributed by atoms with van der Waals surface area (Å²) in [6.45, 7) is 0.657. The number of piperidine rings is 1. The Morgan fingerprint density at radius 2 is 1.93 bits per heavy atom. The quantitative estimate of drug-likeness (QED) is 0.669. The van der Waals surface area contributed by atoms with Crippen LogP contribution in [-0.4, -0.2) is 41.0 Å². The van der Waals surface area contributed by atoms with Gasteiger partial charge in [0.15, 0.2) is 0 Å². The Kier molecular flexibility index (Phi) is 5.37. The molecule has 3 aromatic rings. The molecule has 6 nitrogen and oxygen atoms in total. The van der Waals surface area contributed by atoms with Gasteiger partial charge in [-0.3, -0.25) is 10.1 Å². The van der Waals surface area contributed by atoms with E-state index in [0.29, 0.717) is 29.9 Å². The first-order chi connectivity index (χ1) is 14.2. The minimum Gasteiger partial charge on any atom is -0.284 e. The van der Waals surface area contributed by atoms with E-state index in [1.807, 2.05) is 0 Å². The first-order valence-corrected chi connectivity index (χ1v) is 10.8. The van der Waals surface area contributed by atoms with E-state index in [1.165, 1.54) is 22.8 Å². The topological polar surface area (TPSA) is 79.0 Å². The fourth-order valence-electron chi connectivity index (χ4n) is 3.63. The predicted molar refractivity (Wildman–Crippen MR) is 104 cm³/mol. The second kappa shape index (κ2) is 7.84. The number of halogens is 3. The molecule has 2 aromatic heterocycles. The maximum atomic E-state index is 13.0. The number of sulfonamides is 1. The summed E-state index contributed by atoms with van der Waals surface area (Å²) in [6.07, 6.45) is -0.413. The number of benzene rings is 1. The molecule has 1 N–H and O–H groups in total. The molecule has 10 heteroatoms. The molecule has 0 unspecified atom stereocenters. The third-order valence-electron chi connectivity index (χ3n) is 5.17. The van der Waals surface area contributed by atoms with Gasteiger partial charge in [0, 0.05) is 36.5 Å². The van der Waals surface area contributed by atoms with E-state index in [1.54, 1.807) is 24.3 Å². The molecule has 1 aliphatic rings. The van der Waals surface area contributed by atoms with Crippen LogP contribution in [0.15, 0.2) is 59.8 Å². The maximum absolute atomic E-state index is 13.0. The standard InChI is InChI=1S/C20H19F3N4O2S/c21-20(22,23)16-6-1-4-14(10-16)18-7-2-8-19(26-18)15-5-3-9-27(13-15)30(28,29)17-11-24-25-12-17/h1-2,4,6-8,10-12,15H,3,5,9,13H2,(H,24,25)/t15-/m1/s1. The minimum absolute atomic E-state index is 0.105. The fourth-order valence-corrected chi connectivity index (χ4v) is 5.06. The molecule has 1 saturated heterocycles. The maximum Gasteiger partial charge on any atom is 0.416 e. The number of hydrogen-bond acceptors (Lipinski definition) is 4. The van der Waals surface area contributed by atoms with E-state index in [9.17, 15) is 21.6 Å². The zero-order valence-electron chi connectivity index (χ0n) is 15.8. The van der Waals surface area contributed by atoms with Crippen LogP contribution in [0, 0.1) is 0 Å². The molecule has 0 saturated carbocycles. The average molecular weight is 436 g/mol. The highest BCUT2D eigenvalue weighted by Gasteiger charge is 2.33. The Balaban J connectivity index is 1.60. The molecule has 1 fully saturated rings. The molecule has 4 rings (SSSR count). The summed E-state index contributed by atoms with van der Waals surface area (Å²) >= 11 is 0. The summed E-state index contributed by atoms with van der Waals surface area (Å²) < 4.78 is 66.1. The van der Waals surface area contributed by atoms with Crippen molar-refractivity contribution in [1.29, 1.82) is 0 Å². The number of aromatic amines is 1. The van der Waals surface area contributed by atoms with Crippen molar-refractivity contribution in [1.82, 2.24) is 19.5 Å². The van der Waals surface area contributed by atoms with Crippen LogP contribution < -0.4 is 0 Å². The van der Waals surface area contributed by atoms with Crippen molar-refractivity contribution in [2.75, 3.05) is 13.1 Å². The third-order valence-corrected chi connectivity index (χ3v) is 7.00. The van der Waals surface area contributed by atoms with Gasteiger partial charge in [-0.15, -0.1) is 0 Å². The van der Waals surface area contributed by atoms with Crippen LogP contribution in [0.2, 0.25) is 0 Å². The van der Waals surface area contributed by atoms with Crippen LogP contribution in [0.25, 0.3) is 11.3 Å². The molecular weight excluding hydrogens is 417 g/mol. The van der Waals surface area contributed by atoms with Crippen LogP contribution in [0.1, 0.15) is 30.0 Å². The highest BCUT2D eigenvalue weighted by molar-refractivity contribution is 7.89. The highest BCUT2D eigenvalue weighted by atomic mass is 32.2. The van der Waals surface area contributed by atoms with Gasteiger partial charge >= 0.3 is 6.18 Å². The monoisotopic (exact) mass is 436 g/mol. The molecule has 1 aromatic carbocycles. The summed E-state index contributed by atoms with van der Waals surface area (Å²) in [5.74, 6) is -0.147. The van der Waals surface area contributed by atoms with Gasteiger partial charge in [0.1, 0.15) is 4.90 Å². The molecule has 0 bridgehead atoms. The van der Waals surface area contributed by atoms with E-state index >= 15 is 0 Å². The van der Waals surface area contributed by atoms with Crippen LogP contribution in [0.3, 0.4) is 0 Å². The van der Waals surface area contributed by atoms with Gasteiger partial charge in [-0.1, -0.05) is 18.2 Å². The number of rotatable bonds is 4. The van der Waals surface area contributed by atoms with Gasteiger partial charge < -0.3 is 0 Å². The van der Waals surface area contributed by atoms with Crippen molar-refractivity contribution in [2.45, 2.75) is 29.8 Å². The zero-order chi connectivity index (χ0) is 21.4. The van der Waals surface area contributed by atoms with Crippen molar-refractivity contribution < 1.29 is 21.6 Å². The lowest BCUT2D eigenvalue weighted by molar-refractivity contribution is -0.137. The molecule has 3 heterocycles. The number of nitrogens with zero attached hydrogens (tertiary/aromatic N) is 3. The van der Waals surface area contributed by atoms with Gasteiger partial charge in [0.05, 0.1) is 17.5 Å². The second-order valence-corrected chi connectivity index (χ2v) is 9.10. The number of aromatic nitrogens is 3. The van der Waals surface area contributed by atoms with Crippen molar-refractivity contribution in [3.05, 3.63) is 66.1 Å². The summed E-state index contributed by atoms with van der Waals surface area (Å²) in [5.41, 5.74) is 0.720.